The molecule has 1 aromatic heterocycles. The highest BCUT2D eigenvalue weighted by Crippen LogP contribution is 2.38. The summed E-state index contributed by atoms with van der Waals surface area (Å²) in [7, 11) is 0. The normalized spacial score (nSPS) is 16.2. The second-order valence-corrected chi connectivity index (χ2v) is 9.22. The lowest BCUT2D eigenvalue weighted by molar-refractivity contribution is -0.127. The first-order valence-corrected chi connectivity index (χ1v) is 12.2. The first-order valence-electron chi connectivity index (χ1n) is 12.2. The largest absolute Gasteiger partial charge is 0.493 e. The number of carbonyl (C=O) groups is 1. The standard InChI is InChI=1S/C28H32N2O5/c1-5-32-27-20(4)28-23(19(3)16-33-28)14-22(27)18(2)12-26(31)30-10-8-29(9-11-30)15-21-6-7-24-25(13-21)35-17-34-24/h6-7,12-14,16H,5,8-11,15,17H2,1-4H3/b18-12+. The minimum absolute atomic E-state index is 0.0364. The van der Waals surface area contributed by atoms with Crippen LogP contribution in [0, 0.1) is 13.8 Å². The van der Waals surface area contributed by atoms with Crippen molar-refractivity contribution in [2.24, 2.45) is 0 Å². The third-order valence-electron chi connectivity index (χ3n) is 6.82. The molecule has 1 saturated heterocycles. The summed E-state index contributed by atoms with van der Waals surface area (Å²) in [6, 6.07) is 8.16. The van der Waals surface area contributed by atoms with E-state index in [1.807, 2.05) is 44.7 Å². The minimum atomic E-state index is 0.0364. The number of allylic oxidation sites excluding steroid dienone is 1. The summed E-state index contributed by atoms with van der Waals surface area (Å²) in [6.07, 6.45) is 3.51. The quantitative estimate of drug-likeness (QED) is 0.471. The van der Waals surface area contributed by atoms with E-state index >= 15 is 0 Å². The van der Waals surface area contributed by atoms with E-state index in [9.17, 15) is 4.79 Å². The van der Waals surface area contributed by atoms with E-state index in [2.05, 4.69) is 17.0 Å². The molecule has 35 heavy (non-hydrogen) atoms. The average molecular weight is 477 g/mol. The molecule has 0 bridgehead atoms. The van der Waals surface area contributed by atoms with E-state index < -0.39 is 0 Å². The van der Waals surface area contributed by atoms with E-state index in [0.29, 0.717) is 19.7 Å². The molecule has 5 rings (SSSR count). The summed E-state index contributed by atoms with van der Waals surface area (Å²) in [5.41, 5.74) is 5.90. The zero-order valence-electron chi connectivity index (χ0n) is 20.8. The molecule has 0 atom stereocenters. The second-order valence-electron chi connectivity index (χ2n) is 9.22. The lowest BCUT2D eigenvalue weighted by atomic mass is 9.98. The van der Waals surface area contributed by atoms with Gasteiger partial charge in [-0.25, -0.2) is 0 Å². The van der Waals surface area contributed by atoms with Gasteiger partial charge in [-0.3, -0.25) is 9.69 Å². The summed E-state index contributed by atoms with van der Waals surface area (Å²) in [5.74, 6) is 2.43. The van der Waals surface area contributed by atoms with Crippen LogP contribution in [0.2, 0.25) is 0 Å². The third-order valence-corrected chi connectivity index (χ3v) is 6.82. The predicted molar refractivity (Wildman–Crippen MR) is 135 cm³/mol. The molecule has 0 saturated carbocycles. The predicted octanol–water partition coefficient (Wildman–Crippen LogP) is 4.92. The summed E-state index contributed by atoms with van der Waals surface area (Å²) < 4.78 is 22.6. The van der Waals surface area contributed by atoms with Crippen LogP contribution in [-0.2, 0) is 11.3 Å². The Kier molecular flexibility index (Phi) is 6.43. The smallest absolute Gasteiger partial charge is 0.246 e. The van der Waals surface area contributed by atoms with Gasteiger partial charge in [0.1, 0.15) is 11.3 Å². The molecule has 1 fully saturated rings. The van der Waals surface area contributed by atoms with Crippen molar-refractivity contribution in [3.8, 4) is 17.2 Å². The van der Waals surface area contributed by atoms with E-state index in [0.717, 1.165) is 70.1 Å². The van der Waals surface area contributed by atoms with Crippen LogP contribution >= 0.6 is 0 Å². The lowest BCUT2D eigenvalue weighted by Crippen LogP contribution is -2.47. The maximum Gasteiger partial charge on any atom is 0.246 e. The monoisotopic (exact) mass is 476 g/mol. The second kappa shape index (κ2) is 9.66. The molecule has 3 aromatic rings. The third kappa shape index (κ3) is 4.60. The zero-order valence-corrected chi connectivity index (χ0v) is 20.8. The van der Waals surface area contributed by atoms with Gasteiger partial charge in [0.25, 0.3) is 0 Å². The van der Waals surface area contributed by atoms with Crippen LogP contribution in [0.25, 0.3) is 16.5 Å². The molecule has 0 spiro atoms. The van der Waals surface area contributed by atoms with Crippen molar-refractivity contribution in [1.82, 2.24) is 9.80 Å². The Bertz CT molecular complexity index is 1280. The molecule has 0 unspecified atom stereocenters. The molecule has 7 heteroatoms. The lowest BCUT2D eigenvalue weighted by Gasteiger charge is -2.34. The highest BCUT2D eigenvalue weighted by molar-refractivity contribution is 5.98. The average Bonchev–Trinajstić information content (AvgIpc) is 3.47. The first kappa shape index (κ1) is 23.3. The van der Waals surface area contributed by atoms with Crippen molar-refractivity contribution in [2.75, 3.05) is 39.6 Å². The summed E-state index contributed by atoms with van der Waals surface area (Å²) in [4.78, 5) is 17.4. The fraction of sp³-hybridized carbons (Fsp3) is 0.393. The molecule has 2 aromatic carbocycles. The Balaban J connectivity index is 1.27. The van der Waals surface area contributed by atoms with Crippen LogP contribution in [0.5, 0.6) is 17.2 Å². The van der Waals surface area contributed by atoms with Crippen molar-refractivity contribution < 1.29 is 23.4 Å². The number of hydrogen-bond donors (Lipinski definition) is 0. The van der Waals surface area contributed by atoms with Gasteiger partial charge in [-0.05, 0) is 62.6 Å². The summed E-state index contributed by atoms with van der Waals surface area (Å²) in [5, 5.41) is 1.05. The number of carbonyl (C=O) groups excluding carboxylic acids is 1. The summed E-state index contributed by atoms with van der Waals surface area (Å²) in [6.45, 7) is 12.7. The van der Waals surface area contributed by atoms with E-state index in [1.165, 1.54) is 5.56 Å². The number of rotatable bonds is 6. The molecular formula is C28H32N2O5. The van der Waals surface area contributed by atoms with E-state index in [4.69, 9.17) is 18.6 Å². The molecule has 7 nitrogen and oxygen atoms in total. The molecule has 2 aliphatic rings. The highest BCUT2D eigenvalue weighted by Gasteiger charge is 2.22. The van der Waals surface area contributed by atoms with Crippen LogP contribution in [-0.4, -0.2) is 55.3 Å². The van der Waals surface area contributed by atoms with Crippen molar-refractivity contribution >= 4 is 22.4 Å². The number of benzene rings is 2. The van der Waals surface area contributed by atoms with Crippen molar-refractivity contribution in [2.45, 2.75) is 34.2 Å². The molecule has 1 amide bonds. The maximum atomic E-state index is 13.2. The van der Waals surface area contributed by atoms with Crippen molar-refractivity contribution in [1.29, 1.82) is 0 Å². The van der Waals surface area contributed by atoms with Crippen molar-refractivity contribution in [3.05, 3.63) is 58.9 Å². The van der Waals surface area contributed by atoms with Crippen molar-refractivity contribution in [3.63, 3.8) is 0 Å². The Labute approximate surface area is 205 Å². The SMILES string of the molecule is CCOc1c(/C(C)=C/C(=O)N2CCN(Cc3ccc4c(c3)OCO4)CC2)cc2c(C)coc2c1C. The Morgan fingerprint density at radius 2 is 1.86 bits per heavy atom. The number of aryl methyl sites for hydroxylation is 2. The number of nitrogens with zero attached hydrogens (tertiary/aromatic N) is 2. The van der Waals surface area contributed by atoms with E-state index in [1.54, 1.807) is 12.3 Å². The zero-order chi connectivity index (χ0) is 24.5. The molecule has 0 N–H and O–H groups in total. The van der Waals surface area contributed by atoms with Gasteiger partial charge in [0.15, 0.2) is 11.5 Å². The van der Waals surface area contributed by atoms with Gasteiger partial charge in [-0.1, -0.05) is 6.07 Å². The Morgan fingerprint density at radius 3 is 2.63 bits per heavy atom. The van der Waals surface area contributed by atoms with Gasteiger partial charge >= 0.3 is 0 Å². The molecule has 0 radical (unpaired) electrons. The number of fused-ring (bicyclic) bond motifs is 2. The van der Waals surface area contributed by atoms with Gasteiger partial charge in [-0.2, -0.15) is 0 Å². The fourth-order valence-electron chi connectivity index (χ4n) is 4.84. The molecular weight excluding hydrogens is 444 g/mol. The van der Waals surface area contributed by atoms with E-state index in [-0.39, 0.29) is 12.7 Å². The first-order chi connectivity index (χ1) is 16.9. The van der Waals surface area contributed by atoms with Crippen LogP contribution in [0.1, 0.15) is 36.1 Å². The number of amides is 1. The Morgan fingerprint density at radius 1 is 1.09 bits per heavy atom. The van der Waals surface area contributed by atoms with Gasteiger partial charge in [-0.15, -0.1) is 0 Å². The molecule has 2 aliphatic heterocycles. The fourth-order valence-corrected chi connectivity index (χ4v) is 4.84. The van der Waals surface area contributed by atoms with Gasteiger partial charge in [0, 0.05) is 55.3 Å². The molecule has 0 aliphatic carbocycles. The minimum Gasteiger partial charge on any atom is -0.493 e. The maximum absolute atomic E-state index is 13.2. The molecule has 184 valence electrons. The number of piperazine rings is 1. The van der Waals surface area contributed by atoms with Crippen LogP contribution in [0.4, 0.5) is 0 Å². The molecule has 3 heterocycles. The van der Waals surface area contributed by atoms with Crippen LogP contribution < -0.4 is 14.2 Å². The number of hydrogen-bond acceptors (Lipinski definition) is 6. The van der Waals surface area contributed by atoms with Crippen LogP contribution in [0.3, 0.4) is 0 Å². The number of furan rings is 1. The Hall–Kier alpha value is -3.45. The van der Waals surface area contributed by atoms with Crippen LogP contribution in [0.15, 0.2) is 41.0 Å². The topological polar surface area (TPSA) is 64.4 Å². The van der Waals surface area contributed by atoms with Gasteiger partial charge in [0.2, 0.25) is 12.7 Å². The summed E-state index contributed by atoms with van der Waals surface area (Å²) >= 11 is 0. The highest BCUT2D eigenvalue weighted by atomic mass is 16.7. The number of ether oxygens (including phenoxy) is 3. The van der Waals surface area contributed by atoms with Gasteiger partial charge < -0.3 is 23.5 Å². The van der Waals surface area contributed by atoms with Gasteiger partial charge in [0.05, 0.1) is 12.9 Å².